The zero-order valence-corrected chi connectivity index (χ0v) is 12.5. The number of ether oxygens (including phenoxy) is 1. The Hall–Kier alpha value is -0.610. The number of hydrogen-bond acceptors (Lipinski definition) is 4. The fraction of sp³-hybridized carbons (Fsp3) is 0.929. The predicted octanol–water partition coefficient (Wildman–Crippen LogP) is 1.60. The molecule has 1 heterocycles. The van der Waals surface area contributed by atoms with Crippen LogP contribution in [0.2, 0.25) is 0 Å². The van der Waals surface area contributed by atoms with Gasteiger partial charge in [0.15, 0.2) is 0 Å². The van der Waals surface area contributed by atoms with Gasteiger partial charge in [-0.05, 0) is 20.3 Å². The molecule has 1 fully saturated rings. The lowest BCUT2D eigenvalue weighted by molar-refractivity contribution is -0.147. The molecule has 4 heteroatoms. The van der Waals surface area contributed by atoms with Crippen LogP contribution in [0.25, 0.3) is 0 Å². The van der Waals surface area contributed by atoms with Crippen molar-refractivity contribution in [2.75, 3.05) is 33.3 Å². The molecule has 0 radical (unpaired) electrons. The summed E-state index contributed by atoms with van der Waals surface area (Å²) in [4.78, 5) is 16.5. The van der Waals surface area contributed by atoms with E-state index in [0.29, 0.717) is 6.04 Å². The van der Waals surface area contributed by atoms with Gasteiger partial charge in [-0.3, -0.25) is 14.6 Å². The van der Waals surface area contributed by atoms with Crippen molar-refractivity contribution < 1.29 is 9.53 Å². The van der Waals surface area contributed by atoms with E-state index in [9.17, 15) is 4.79 Å². The van der Waals surface area contributed by atoms with Gasteiger partial charge in [0.2, 0.25) is 0 Å². The third kappa shape index (κ3) is 3.69. The number of carbonyl (C=O) groups excluding carboxylic acids is 1. The molecule has 4 nitrogen and oxygen atoms in total. The molecule has 3 unspecified atom stereocenters. The van der Waals surface area contributed by atoms with E-state index in [1.807, 2.05) is 6.92 Å². The number of hydrogen-bond donors (Lipinski definition) is 0. The zero-order chi connectivity index (χ0) is 13.7. The summed E-state index contributed by atoms with van der Waals surface area (Å²) in [5.74, 6) is -0.156. The molecule has 0 saturated carbocycles. The molecule has 3 atom stereocenters. The summed E-state index contributed by atoms with van der Waals surface area (Å²) in [6.45, 7) is 12.9. The molecular formula is C14H28N2O2. The minimum absolute atomic E-state index is 0.0508. The van der Waals surface area contributed by atoms with E-state index in [1.54, 1.807) is 0 Å². The van der Waals surface area contributed by atoms with Crippen LogP contribution in [-0.2, 0) is 9.53 Å². The van der Waals surface area contributed by atoms with E-state index in [1.165, 1.54) is 13.5 Å². The first-order valence-corrected chi connectivity index (χ1v) is 7.07. The van der Waals surface area contributed by atoms with Crippen LogP contribution in [0.3, 0.4) is 0 Å². The van der Waals surface area contributed by atoms with Gasteiger partial charge in [0, 0.05) is 38.3 Å². The van der Waals surface area contributed by atoms with Crippen LogP contribution in [0.4, 0.5) is 0 Å². The average Bonchev–Trinajstić information content (AvgIpc) is 2.44. The Morgan fingerprint density at radius 3 is 2.06 bits per heavy atom. The van der Waals surface area contributed by atoms with Crippen LogP contribution in [0.15, 0.2) is 0 Å². The van der Waals surface area contributed by atoms with Gasteiger partial charge < -0.3 is 4.74 Å². The van der Waals surface area contributed by atoms with Crippen molar-refractivity contribution in [2.24, 2.45) is 5.92 Å². The molecule has 1 rings (SSSR count). The van der Waals surface area contributed by atoms with Crippen molar-refractivity contribution in [3.8, 4) is 0 Å². The molecule has 0 spiro atoms. The third-order valence-corrected chi connectivity index (χ3v) is 4.44. The van der Waals surface area contributed by atoms with Gasteiger partial charge in [0.25, 0.3) is 0 Å². The molecule has 0 N–H and O–H groups in total. The van der Waals surface area contributed by atoms with Crippen molar-refractivity contribution in [1.82, 2.24) is 9.80 Å². The maximum atomic E-state index is 11.6. The Morgan fingerprint density at radius 2 is 1.61 bits per heavy atom. The minimum atomic E-state index is -0.105. The normalized spacial score (nSPS) is 23.4. The highest BCUT2D eigenvalue weighted by Gasteiger charge is 2.29. The Balaban J connectivity index is 2.45. The summed E-state index contributed by atoms with van der Waals surface area (Å²) in [5, 5.41) is 0. The monoisotopic (exact) mass is 256 g/mol. The molecule has 1 aliphatic rings. The van der Waals surface area contributed by atoms with Crippen molar-refractivity contribution in [3.05, 3.63) is 0 Å². The molecule has 0 aromatic heterocycles. The van der Waals surface area contributed by atoms with Crippen molar-refractivity contribution >= 4 is 5.97 Å². The summed E-state index contributed by atoms with van der Waals surface area (Å²) in [6.07, 6.45) is 1.20. The van der Waals surface area contributed by atoms with Crippen LogP contribution in [0.1, 0.15) is 34.1 Å². The number of methoxy groups -OCH3 is 1. The van der Waals surface area contributed by atoms with Gasteiger partial charge in [0.1, 0.15) is 0 Å². The summed E-state index contributed by atoms with van der Waals surface area (Å²) in [6, 6.07) is 0.928. The van der Waals surface area contributed by atoms with Gasteiger partial charge in [-0.15, -0.1) is 0 Å². The molecule has 0 bridgehead atoms. The summed E-state index contributed by atoms with van der Waals surface area (Å²) in [7, 11) is 1.46. The quantitative estimate of drug-likeness (QED) is 0.700. The fourth-order valence-corrected chi connectivity index (χ4v) is 2.54. The van der Waals surface area contributed by atoms with Gasteiger partial charge in [-0.2, -0.15) is 0 Å². The third-order valence-electron chi connectivity index (χ3n) is 4.44. The van der Waals surface area contributed by atoms with E-state index in [2.05, 4.69) is 30.6 Å². The first kappa shape index (κ1) is 15.4. The Kier molecular flexibility index (Phi) is 6.09. The second kappa shape index (κ2) is 7.10. The average molecular weight is 256 g/mol. The standard InChI is InChI=1S/C14H28N2O2/c1-6-11(2)15-7-9-16(10-8-15)13(4)12(3)14(17)18-5/h11-13H,6-10H2,1-5H3. The van der Waals surface area contributed by atoms with Gasteiger partial charge in [-0.1, -0.05) is 13.8 Å². The number of piperazine rings is 1. The largest absolute Gasteiger partial charge is 0.469 e. The molecule has 0 aromatic rings. The van der Waals surface area contributed by atoms with E-state index < -0.39 is 0 Å². The zero-order valence-electron chi connectivity index (χ0n) is 12.5. The van der Waals surface area contributed by atoms with Crippen molar-refractivity contribution in [1.29, 1.82) is 0 Å². The highest BCUT2D eigenvalue weighted by molar-refractivity contribution is 5.72. The molecule has 0 aromatic carbocycles. The van der Waals surface area contributed by atoms with Crippen LogP contribution < -0.4 is 0 Å². The topological polar surface area (TPSA) is 32.8 Å². The number of nitrogens with zero attached hydrogens (tertiary/aromatic N) is 2. The summed E-state index contributed by atoms with van der Waals surface area (Å²) in [5.41, 5.74) is 0. The summed E-state index contributed by atoms with van der Waals surface area (Å²) >= 11 is 0. The smallest absolute Gasteiger partial charge is 0.309 e. The summed E-state index contributed by atoms with van der Waals surface area (Å²) < 4.78 is 4.82. The molecule has 1 aliphatic heterocycles. The molecule has 106 valence electrons. The lowest BCUT2D eigenvalue weighted by Crippen LogP contribution is -2.53. The first-order chi connectivity index (χ1) is 8.51. The number of rotatable bonds is 5. The van der Waals surface area contributed by atoms with Crippen LogP contribution in [-0.4, -0.2) is 61.1 Å². The number of carbonyl (C=O) groups is 1. The highest BCUT2D eigenvalue weighted by Crippen LogP contribution is 2.16. The molecule has 18 heavy (non-hydrogen) atoms. The van der Waals surface area contributed by atoms with E-state index in [-0.39, 0.29) is 17.9 Å². The Bertz CT molecular complexity index is 263. The fourth-order valence-electron chi connectivity index (χ4n) is 2.54. The van der Waals surface area contributed by atoms with E-state index in [0.717, 1.165) is 26.2 Å². The minimum Gasteiger partial charge on any atom is -0.469 e. The highest BCUT2D eigenvalue weighted by atomic mass is 16.5. The maximum absolute atomic E-state index is 11.6. The lowest BCUT2D eigenvalue weighted by Gasteiger charge is -2.41. The van der Waals surface area contributed by atoms with E-state index in [4.69, 9.17) is 4.74 Å². The predicted molar refractivity (Wildman–Crippen MR) is 73.5 cm³/mol. The van der Waals surface area contributed by atoms with Gasteiger partial charge >= 0.3 is 5.97 Å². The lowest BCUT2D eigenvalue weighted by atomic mass is 10.0. The molecule has 0 amide bonds. The van der Waals surface area contributed by atoms with Crippen LogP contribution >= 0.6 is 0 Å². The van der Waals surface area contributed by atoms with Gasteiger partial charge in [0.05, 0.1) is 13.0 Å². The van der Waals surface area contributed by atoms with Crippen molar-refractivity contribution in [3.63, 3.8) is 0 Å². The molecule has 0 aliphatic carbocycles. The first-order valence-electron chi connectivity index (χ1n) is 7.07. The molecule has 1 saturated heterocycles. The van der Waals surface area contributed by atoms with E-state index >= 15 is 0 Å². The second-order valence-electron chi connectivity index (χ2n) is 5.38. The Morgan fingerprint density at radius 1 is 1.11 bits per heavy atom. The maximum Gasteiger partial charge on any atom is 0.309 e. The van der Waals surface area contributed by atoms with Gasteiger partial charge in [-0.25, -0.2) is 0 Å². The molecular weight excluding hydrogens is 228 g/mol. The second-order valence-corrected chi connectivity index (χ2v) is 5.38. The van der Waals surface area contributed by atoms with Crippen molar-refractivity contribution in [2.45, 2.75) is 46.2 Å². The Labute approximate surface area is 111 Å². The SMILES string of the molecule is CCC(C)N1CCN(C(C)C(C)C(=O)OC)CC1. The van der Waals surface area contributed by atoms with Crippen LogP contribution in [0, 0.1) is 5.92 Å². The number of esters is 1. The van der Waals surface area contributed by atoms with Crippen LogP contribution in [0.5, 0.6) is 0 Å².